The minimum atomic E-state index is -0.484. The number of amides is 1. The van der Waals surface area contributed by atoms with Crippen molar-refractivity contribution in [3.05, 3.63) is 63.8 Å². The molecular formula is C16H18N4O3. The third kappa shape index (κ3) is 5.06. The Bertz CT molecular complexity index is 689. The maximum absolute atomic E-state index is 11.8. The van der Waals surface area contributed by atoms with E-state index in [1.54, 1.807) is 13.0 Å². The number of benzene rings is 1. The standard InChI is InChI=1S/C16H18N4O3/c1-12-9-15(18-10-14(12)20(22)23)19-11-16(21)17-8-7-13-5-3-2-4-6-13/h2-6,9-10H,7-8,11H2,1H3,(H,17,21)(H,18,19). The van der Waals surface area contributed by atoms with E-state index in [4.69, 9.17) is 0 Å². The van der Waals surface area contributed by atoms with Crippen LogP contribution in [0.3, 0.4) is 0 Å². The molecule has 1 heterocycles. The van der Waals surface area contributed by atoms with Crippen LogP contribution in [0.5, 0.6) is 0 Å². The largest absolute Gasteiger partial charge is 0.361 e. The second kappa shape index (κ2) is 7.88. The first kappa shape index (κ1) is 16.4. The van der Waals surface area contributed by atoms with E-state index in [0.29, 0.717) is 17.9 Å². The van der Waals surface area contributed by atoms with Crippen LogP contribution in [-0.4, -0.2) is 28.9 Å². The molecule has 1 aromatic heterocycles. The number of hydrogen-bond donors (Lipinski definition) is 2. The van der Waals surface area contributed by atoms with E-state index in [1.165, 1.54) is 6.20 Å². The molecule has 0 saturated heterocycles. The fourth-order valence-electron chi connectivity index (χ4n) is 2.06. The Morgan fingerprint density at radius 2 is 2.04 bits per heavy atom. The summed E-state index contributed by atoms with van der Waals surface area (Å²) in [7, 11) is 0. The summed E-state index contributed by atoms with van der Waals surface area (Å²) in [5.74, 6) is 0.282. The van der Waals surface area contributed by atoms with Crippen molar-refractivity contribution in [2.45, 2.75) is 13.3 Å². The number of aryl methyl sites for hydroxylation is 1. The quantitative estimate of drug-likeness (QED) is 0.602. The molecule has 2 rings (SSSR count). The molecule has 0 aliphatic heterocycles. The molecule has 0 atom stereocenters. The van der Waals surface area contributed by atoms with Gasteiger partial charge in [0.1, 0.15) is 12.0 Å². The lowest BCUT2D eigenvalue weighted by Gasteiger charge is -2.08. The molecular weight excluding hydrogens is 296 g/mol. The van der Waals surface area contributed by atoms with Gasteiger partial charge in [-0.2, -0.15) is 0 Å². The summed E-state index contributed by atoms with van der Waals surface area (Å²) in [5.41, 5.74) is 1.62. The molecule has 0 aliphatic rings. The van der Waals surface area contributed by atoms with E-state index in [2.05, 4.69) is 15.6 Å². The van der Waals surface area contributed by atoms with Crippen LogP contribution in [0.1, 0.15) is 11.1 Å². The van der Waals surface area contributed by atoms with E-state index < -0.39 is 4.92 Å². The number of carbonyl (C=O) groups is 1. The topological polar surface area (TPSA) is 97.2 Å². The zero-order valence-electron chi connectivity index (χ0n) is 12.8. The predicted molar refractivity (Wildman–Crippen MR) is 87.3 cm³/mol. The van der Waals surface area contributed by atoms with Gasteiger partial charge in [0.05, 0.1) is 11.5 Å². The SMILES string of the molecule is Cc1cc(NCC(=O)NCCc2ccccc2)ncc1[N+](=O)[O-]. The zero-order valence-corrected chi connectivity index (χ0v) is 12.8. The number of anilines is 1. The molecule has 0 aliphatic carbocycles. The lowest BCUT2D eigenvalue weighted by Crippen LogP contribution is -2.31. The first-order valence-electron chi connectivity index (χ1n) is 7.22. The van der Waals surface area contributed by atoms with Crippen molar-refractivity contribution in [2.75, 3.05) is 18.4 Å². The number of hydrogen-bond acceptors (Lipinski definition) is 5. The van der Waals surface area contributed by atoms with Gasteiger partial charge >= 0.3 is 0 Å². The Labute approximate surface area is 133 Å². The summed E-state index contributed by atoms with van der Waals surface area (Å²) >= 11 is 0. The van der Waals surface area contributed by atoms with Crippen LogP contribution in [0.4, 0.5) is 11.5 Å². The van der Waals surface area contributed by atoms with Gasteiger partial charge in [0.15, 0.2) is 0 Å². The minimum Gasteiger partial charge on any atom is -0.361 e. The van der Waals surface area contributed by atoms with Gasteiger partial charge in [-0.15, -0.1) is 0 Å². The van der Waals surface area contributed by atoms with E-state index in [0.717, 1.165) is 12.0 Å². The average molecular weight is 314 g/mol. The van der Waals surface area contributed by atoms with Gasteiger partial charge in [0.25, 0.3) is 5.69 Å². The van der Waals surface area contributed by atoms with Gasteiger partial charge in [-0.3, -0.25) is 14.9 Å². The molecule has 2 N–H and O–H groups in total. The fraction of sp³-hybridized carbons (Fsp3) is 0.250. The average Bonchev–Trinajstić information content (AvgIpc) is 2.53. The summed E-state index contributed by atoms with van der Waals surface area (Å²) < 4.78 is 0. The number of rotatable bonds is 7. The highest BCUT2D eigenvalue weighted by Crippen LogP contribution is 2.18. The first-order valence-corrected chi connectivity index (χ1v) is 7.22. The lowest BCUT2D eigenvalue weighted by atomic mass is 10.1. The van der Waals surface area contributed by atoms with Crippen molar-refractivity contribution in [3.63, 3.8) is 0 Å². The molecule has 0 bridgehead atoms. The summed E-state index contributed by atoms with van der Waals surface area (Å²) in [5, 5.41) is 16.4. The summed E-state index contributed by atoms with van der Waals surface area (Å²) in [6, 6.07) is 11.4. The number of nitro groups is 1. The van der Waals surface area contributed by atoms with Crippen LogP contribution in [0, 0.1) is 17.0 Å². The number of nitrogens with one attached hydrogen (secondary N) is 2. The number of nitrogens with zero attached hydrogens (tertiary/aromatic N) is 2. The van der Waals surface area contributed by atoms with Crippen LogP contribution in [0.2, 0.25) is 0 Å². The fourth-order valence-corrected chi connectivity index (χ4v) is 2.06. The Morgan fingerprint density at radius 1 is 1.30 bits per heavy atom. The van der Waals surface area contributed by atoms with Gasteiger partial charge < -0.3 is 10.6 Å². The molecule has 1 amide bonds. The Hall–Kier alpha value is -2.96. The molecule has 0 spiro atoms. The highest BCUT2D eigenvalue weighted by molar-refractivity contribution is 5.80. The van der Waals surface area contributed by atoms with Crippen LogP contribution in [0.25, 0.3) is 0 Å². The second-order valence-corrected chi connectivity index (χ2v) is 5.05. The zero-order chi connectivity index (χ0) is 16.7. The van der Waals surface area contributed by atoms with E-state index in [9.17, 15) is 14.9 Å². The van der Waals surface area contributed by atoms with Gasteiger partial charge in [-0.05, 0) is 25.0 Å². The normalized spacial score (nSPS) is 10.1. The van der Waals surface area contributed by atoms with Crippen molar-refractivity contribution in [1.29, 1.82) is 0 Å². The monoisotopic (exact) mass is 314 g/mol. The number of aromatic nitrogens is 1. The molecule has 0 radical (unpaired) electrons. The molecule has 0 saturated carbocycles. The Kier molecular flexibility index (Phi) is 5.62. The summed E-state index contributed by atoms with van der Waals surface area (Å²) in [4.78, 5) is 25.9. The van der Waals surface area contributed by atoms with Crippen LogP contribution in [-0.2, 0) is 11.2 Å². The third-order valence-corrected chi connectivity index (χ3v) is 3.29. The van der Waals surface area contributed by atoms with Crippen LogP contribution >= 0.6 is 0 Å². The van der Waals surface area contributed by atoms with Crippen molar-refractivity contribution >= 4 is 17.4 Å². The van der Waals surface area contributed by atoms with Crippen molar-refractivity contribution in [2.24, 2.45) is 0 Å². The maximum Gasteiger partial charge on any atom is 0.290 e. The molecule has 1 aromatic carbocycles. The molecule has 0 unspecified atom stereocenters. The molecule has 23 heavy (non-hydrogen) atoms. The van der Waals surface area contributed by atoms with Crippen LogP contribution in [0.15, 0.2) is 42.6 Å². The molecule has 0 fully saturated rings. The van der Waals surface area contributed by atoms with Crippen LogP contribution < -0.4 is 10.6 Å². The predicted octanol–water partition coefficient (Wildman–Crippen LogP) is 2.07. The molecule has 7 heteroatoms. The van der Waals surface area contributed by atoms with E-state index >= 15 is 0 Å². The number of carbonyl (C=O) groups excluding carboxylic acids is 1. The van der Waals surface area contributed by atoms with Gasteiger partial charge in [-0.25, -0.2) is 4.98 Å². The highest BCUT2D eigenvalue weighted by Gasteiger charge is 2.11. The lowest BCUT2D eigenvalue weighted by molar-refractivity contribution is -0.385. The third-order valence-electron chi connectivity index (χ3n) is 3.29. The van der Waals surface area contributed by atoms with Crippen molar-refractivity contribution in [3.8, 4) is 0 Å². The second-order valence-electron chi connectivity index (χ2n) is 5.05. The molecule has 120 valence electrons. The van der Waals surface area contributed by atoms with Gasteiger partial charge in [-0.1, -0.05) is 30.3 Å². The summed E-state index contributed by atoms with van der Waals surface area (Å²) in [6.45, 7) is 2.25. The maximum atomic E-state index is 11.8. The number of pyridine rings is 1. The molecule has 7 nitrogen and oxygen atoms in total. The molecule has 2 aromatic rings. The Morgan fingerprint density at radius 3 is 2.70 bits per heavy atom. The van der Waals surface area contributed by atoms with E-state index in [1.807, 2.05) is 30.3 Å². The first-order chi connectivity index (χ1) is 11.1. The smallest absolute Gasteiger partial charge is 0.290 e. The Balaban J connectivity index is 1.76. The van der Waals surface area contributed by atoms with Gasteiger partial charge in [0, 0.05) is 12.1 Å². The van der Waals surface area contributed by atoms with Crippen molar-refractivity contribution in [1.82, 2.24) is 10.3 Å². The summed E-state index contributed by atoms with van der Waals surface area (Å²) in [6.07, 6.45) is 1.95. The van der Waals surface area contributed by atoms with Gasteiger partial charge in [0.2, 0.25) is 5.91 Å². The minimum absolute atomic E-state index is 0.0390. The van der Waals surface area contributed by atoms with Crippen molar-refractivity contribution < 1.29 is 9.72 Å². The highest BCUT2D eigenvalue weighted by atomic mass is 16.6. The van der Waals surface area contributed by atoms with E-state index in [-0.39, 0.29) is 18.1 Å².